The van der Waals surface area contributed by atoms with Gasteiger partial charge in [-0.25, -0.2) is 4.98 Å². The second-order valence-electron chi connectivity index (χ2n) is 5.30. The smallest absolute Gasteiger partial charge is 0.255 e. The van der Waals surface area contributed by atoms with Gasteiger partial charge in [0.15, 0.2) is 0 Å². The van der Waals surface area contributed by atoms with Gasteiger partial charge in [0.25, 0.3) is 5.91 Å². The summed E-state index contributed by atoms with van der Waals surface area (Å²) in [6.07, 6.45) is 3.36. The van der Waals surface area contributed by atoms with Gasteiger partial charge in [0.05, 0.1) is 5.69 Å². The topological polar surface area (TPSA) is 133 Å². The number of amides is 1. The number of hydrogen-bond acceptors (Lipinski definition) is 4. The zero-order valence-electron chi connectivity index (χ0n) is 13.7. The summed E-state index contributed by atoms with van der Waals surface area (Å²) in [4.78, 5) is 22.5. The largest absolute Gasteiger partial charge is 0.346 e. The van der Waals surface area contributed by atoms with E-state index in [4.69, 9.17) is 11.3 Å². The van der Waals surface area contributed by atoms with Gasteiger partial charge in [0, 0.05) is 40.0 Å². The van der Waals surface area contributed by atoms with Gasteiger partial charge < -0.3 is 16.0 Å². The van der Waals surface area contributed by atoms with E-state index in [1.807, 2.05) is 6.07 Å². The zero-order chi connectivity index (χ0) is 17.1. The summed E-state index contributed by atoms with van der Waals surface area (Å²) in [5.41, 5.74) is 17.3. The predicted molar refractivity (Wildman–Crippen MR) is 113 cm³/mol. The SMILES string of the molecule is Br.Br.C[C@@H](N)c1ccc(C(=O)Nc2ccnc3[nH]ccc23)cc1N=[N+]=[N-]. The molecule has 1 amide bonds. The molecule has 2 aromatic heterocycles. The molecule has 10 heteroatoms. The summed E-state index contributed by atoms with van der Waals surface area (Å²) in [7, 11) is 0. The number of carbonyl (C=O) groups excluding carboxylic acids is 1. The highest BCUT2D eigenvalue weighted by atomic mass is 79.9. The first-order chi connectivity index (χ1) is 11.6. The lowest BCUT2D eigenvalue weighted by Crippen LogP contribution is -2.13. The van der Waals surface area contributed by atoms with Crippen molar-refractivity contribution in [2.24, 2.45) is 10.8 Å². The van der Waals surface area contributed by atoms with E-state index < -0.39 is 0 Å². The van der Waals surface area contributed by atoms with Crippen molar-refractivity contribution in [3.05, 3.63) is 64.3 Å². The molecular formula is C16H17Br2N7O. The molecule has 1 aromatic carbocycles. The van der Waals surface area contributed by atoms with E-state index in [1.54, 1.807) is 37.5 Å². The lowest BCUT2D eigenvalue weighted by atomic mass is 10.0. The van der Waals surface area contributed by atoms with Crippen molar-refractivity contribution in [1.82, 2.24) is 9.97 Å². The van der Waals surface area contributed by atoms with Crippen LogP contribution < -0.4 is 11.1 Å². The van der Waals surface area contributed by atoms with Gasteiger partial charge in [-0.3, -0.25) is 4.79 Å². The Morgan fingerprint density at radius 1 is 1.35 bits per heavy atom. The number of nitrogens with two attached hydrogens (primary N) is 1. The molecule has 3 rings (SSSR count). The van der Waals surface area contributed by atoms with Crippen LogP contribution in [0.1, 0.15) is 28.9 Å². The Hall–Kier alpha value is -2.39. The van der Waals surface area contributed by atoms with Gasteiger partial charge >= 0.3 is 0 Å². The molecule has 0 saturated carbocycles. The molecule has 0 spiro atoms. The zero-order valence-corrected chi connectivity index (χ0v) is 17.1. The highest BCUT2D eigenvalue weighted by molar-refractivity contribution is 8.93. The van der Waals surface area contributed by atoms with Crippen molar-refractivity contribution in [3.63, 3.8) is 0 Å². The Balaban J connectivity index is 0.00000169. The Morgan fingerprint density at radius 3 is 2.81 bits per heavy atom. The van der Waals surface area contributed by atoms with Crippen LogP contribution in [0.3, 0.4) is 0 Å². The summed E-state index contributed by atoms with van der Waals surface area (Å²) < 4.78 is 0. The van der Waals surface area contributed by atoms with Crippen LogP contribution in [0.15, 0.2) is 47.8 Å². The predicted octanol–water partition coefficient (Wildman–Crippen LogP) is 4.93. The average molecular weight is 483 g/mol. The molecule has 1 atom stereocenters. The number of nitrogens with zero attached hydrogens (tertiary/aromatic N) is 4. The van der Waals surface area contributed by atoms with Crippen LogP contribution in [0.4, 0.5) is 11.4 Å². The first-order valence-corrected chi connectivity index (χ1v) is 7.28. The minimum Gasteiger partial charge on any atom is -0.346 e. The normalized spacial score (nSPS) is 10.8. The molecular weight excluding hydrogens is 466 g/mol. The molecule has 0 radical (unpaired) electrons. The highest BCUT2D eigenvalue weighted by Crippen LogP contribution is 2.27. The molecule has 136 valence electrons. The number of anilines is 1. The number of hydrogen-bond donors (Lipinski definition) is 3. The van der Waals surface area contributed by atoms with Crippen molar-refractivity contribution in [2.75, 3.05) is 5.32 Å². The van der Waals surface area contributed by atoms with E-state index in [2.05, 4.69) is 25.3 Å². The van der Waals surface area contributed by atoms with E-state index in [-0.39, 0.29) is 45.9 Å². The van der Waals surface area contributed by atoms with Crippen molar-refractivity contribution in [2.45, 2.75) is 13.0 Å². The monoisotopic (exact) mass is 481 g/mol. The lowest BCUT2D eigenvalue weighted by Gasteiger charge is -2.11. The third-order valence-corrected chi connectivity index (χ3v) is 3.64. The number of carbonyl (C=O) groups is 1. The van der Waals surface area contributed by atoms with Gasteiger partial charge in [0.2, 0.25) is 0 Å². The molecule has 0 saturated heterocycles. The number of rotatable bonds is 4. The van der Waals surface area contributed by atoms with Crippen LogP contribution in [0.25, 0.3) is 21.5 Å². The molecule has 0 aliphatic carbocycles. The number of H-pyrrole nitrogens is 1. The molecule has 4 N–H and O–H groups in total. The van der Waals surface area contributed by atoms with Crippen LogP contribution in [-0.4, -0.2) is 15.9 Å². The minimum atomic E-state index is -0.311. The van der Waals surface area contributed by atoms with E-state index >= 15 is 0 Å². The molecule has 0 unspecified atom stereocenters. The van der Waals surface area contributed by atoms with E-state index in [0.717, 1.165) is 5.39 Å². The Morgan fingerprint density at radius 2 is 2.12 bits per heavy atom. The number of halogens is 2. The number of azide groups is 1. The molecule has 0 bridgehead atoms. The standard InChI is InChI=1S/C16H15N7O.2BrH/c1-9(17)11-3-2-10(8-14(11)22-23-18)16(24)21-13-5-7-20-15-12(13)4-6-19-15;;/h2-9H,17H2,1H3,(H2,19,20,21,24);2*1H/t9-;;/m1../s1. The van der Waals surface area contributed by atoms with Crippen LogP contribution in [0.5, 0.6) is 0 Å². The van der Waals surface area contributed by atoms with Crippen LogP contribution in [0, 0.1) is 0 Å². The van der Waals surface area contributed by atoms with Gasteiger partial charge in [-0.1, -0.05) is 11.2 Å². The van der Waals surface area contributed by atoms with Crippen molar-refractivity contribution in [3.8, 4) is 0 Å². The van der Waals surface area contributed by atoms with Gasteiger partial charge in [-0.15, -0.1) is 34.0 Å². The first-order valence-electron chi connectivity index (χ1n) is 7.28. The summed E-state index contributed by atoms with van der Waals surface area (Å²) >= 11 is 0. The average Bonchev–Trinajstić information content (AvgIpc) is 3.04. The maximum atomic E-state index is 12.5. The molecule has 3 aromatic rings. The maximum absolute atomic E-state index is 12.5. The van der Waals surface area contributed by atoms with Crippen molar-refractivity contribution in [1.29, 1.82) is 0 Å². The van der Waals surface area contributed by atoms with Crippen molar-refractivity contribution < 1.29 is 4.79 Å². The summed E-state index contributed by atoms with van der Waals surface area (Å²) in [6, 6.07) is 8.13. The number of pyridine rings is 1. The first kappa shape index (κ1) is 21.7. The Kier molecular flexibility index (Phi) is 7.78. The third-order valence-electron chi connectivity index (χ3n) is 3.64. The van der Waals surface area contributed by atoms with Gasteiger partial charge in [0.1, 0.15) is 5.65 Å². The summed E-state index contributed by atoms with van der Waals surface area (Å²) in [5, 5.41) is 7.28. The third kappa shape index (κ3) is 4.41. The van der Waals surface area contributed by atoms with Crippen LogP contribution >= 0.6 is 34.0 Å². The second kappa shape index (κ2) is 9.35. The van der Waals surface area contributed by atoms with E-state index in [1.165, 1.54) is 6.07 Å². The Bertz CT molecular complexity index is 964. The minimum absolute atomic E-state index is 0. The van der Waals surface area contributed by atoms with Crippen molar-refractivity contribution >= 4 is 62.3 Å². The van der Waals surface area contributed by atoms with E-state index in [0.29, 0.717) is 28.1 Å². The van der Waals surface area contributed by atoms with E-state index in [9.17, 15) is 4.79 Å². The molecule has 2 heterocycles. The Labute approximate surface area is 170 Å². The lowest BCUT2D eigenvalue weighted by molar-refractivity contribution is 0.102. The summed E-state index contributed by atoms with van der Waals surface area (Å²) in [5.74, 6) is -0.311. The maximum Gasteiger partial charge on any atom is 0.255 e. The van der Waals surface area contributed by atoms with Gasteiger partial charge in [-0.2, -0.15) is 0 Å². The fourth-order valence-electron chi connectivity index (χ4n) is 2.47. The summed E-state index contributed by atoms with van der Waals surface area (Å²) in [6.45, 7) is 1.78. The van der Waals surface area contributed by atoms with Crippen LogP contribution in [-0.2, 0) is 0 Å². The van der Waals surface area contributed by atoms with Gasteiger partial charge in [-0.05, 0) is 42.3 Å². The number of fused-ring (bicyclic) bond motifs is 1. The molecule has 0 aliphatic heterocycles. The fraction of sp³-hybridized carbons (Fsp3) is 0.125. The van der Waals surface area contributed by atoms with Crippen LogP contribution in [0.2, 0.25) is 0 Å². The number of benzene rings is 1. The fourth-order valence-corrected chi connectivity index (χ4v) is 2.47. The number of aromatic amines is 1. The second-order valence-corrected chi connectivity index (χ2v) is 5.30. The molecule has 8 nitrogen and oxygen atoms in total. The number of nitrogens with one attached hydrogen (secondary N) is 2. The highest BCUT2D eigenvalue weighted by Gasteiger charge is 2.13. The molecule has 0 aliphatic rings. The molecule has 0 fully saturated rings. The number of aromatic nitrogens is 2. The quantitative estimate of drug-likeness (QED) is 0.276. The molecule has 26 heavy (non-hydrogen) atoms.